The fraction of sp³-hybridized carbons (Fsp3) is 0.895. The molecule has 0 aliphatic carbocycles. The van der Waals surface area contributed by atoms with Gasteiger partial charge in [-0.3, -0.25) is 9.79 Å². The number of likely N-dealkylation sites (tertiary alicyclic amines) is 1. The number of hydrogen-bond acceptors (Lipinski definition) is 4. The smallest absolute Gasteiger partial charge is 0.305 e. The fourth-order valence-corrected chi connectivity index (χ4v) is 3.14. The molecule has 0 aromatic rings. The zero-order valence-corrected chi connectivity index (χ0v) is 16.6. The quantitative estimate of drug-likeness (QED) is 0.273. The van der Waals surface area contributed by atoms with Crippen molar-refractivity contribution >= 4 is 11.9 Å². The minimum absolute atomic E-state index is 0.0752. The zero-order chi connectivity index (χ0) is 18.5. The van der Waals surface area contributed by atoms with E-state index in [-0.39, 0.29) is 5.97 Å². The Morgan fingerprint density at radius 1 is 1.20 bits per heavy atom. The molecule has 0 unspecified atom stereocenters. The van der Waals surface area contributed by atoms with Gasteiger partial charge in [0.2, 0.25) is 0 Å². The monoisotopic (exact) mass is 354 g/mol. The molecular weight excluding hydrogens is 316 g/mol. The maximum Gasteiger partial charge on any atom is 0.305 e. The molecule has 146 valence electrons. The largest absolute Gasteiger partial charge is 0.466 e. The Morgan fingerprint density at radius 3 is 2.48 bits per heavy atom. The van der Waals surface area contributed by atoms with Gasteiger partial charge in [0.15, 0.2) is 5.96 Å². The molecule has 0 spiro atoms. The molecular formula is C19H38N4O2. The molecule has 0 aromatic carbocycles. The number of rotatable bonds is 10. The van der Waals surface area contributed by atoms with Crippen LogP contribution in [0.25, 0.3) is 0 Å². The number of guanidine groups is 1. The maximum atomic E-state index is 11.2. The van der Waals surface area contributed by atoms with E-state index in [1.165, 1.54) is 12.8 Å². The van der Waals surface area contributed by atoms with Crippen LogP contribution in [0.3, 0.4) is 0 Å². The second kappa shape index (κ2) is 13.0. The Hall–Kier alpha value is -1.30. The number of aliphatic imine (C=N–C) groups is 1. The highest BCUT2D eigenvalue weighted by Gasteiger charge is 2.21. The molecule has 1 fully saturated rings. The molecule has 0 amide bonds. The van der Waals surface area contributed by atoms with Crippen LogP contribution < -0.4 is 10.6 Å². The molecule has 0 saturated carbocycles. The van der Waals surface area contributed by atoms with E-state index >= 15 is 0 Å². The molecule has 1 heterocycles. The number of piperidine rings is 1. The van der Waals surface area contributed by atoms with E-state index in [2.05, 4.69) is 34.4 Å². The molecule has 0 aromatic heterocycles. The highest BCUT2D eigenvalue weighted by molar-refractivity contribution is 5.79. The maximum absolute atomic E-state index is 11.2. The van der Waals surface area contributed by atoms with Crippen LogP contribution in [0.4, 0.5) is 0 Å². The first kappa shape index (κ1) is 21.7. The van der Waals surface area contributed by atoms with Crippen molar-refractivity contribution in [1.29, 1.82) is 0 Å². The number of carbonyl (C=O) groups is 1. The van der Waals surface area contributed by atoms with E-state index in [0.717, 1.165) is 51.3 Å². The highest BCUT2D eigenvalue weighted by Crippen LogP contribution is 2.12. The first-order valence-corrected chi connectivity index (χ1v) is 9.93. The summed E-state index contributed by atoms with van der Waals surface area (Å²) in [5.41, 5.74) is 0. The molecule has 6 heteroatoms. The average Bonchev–Trinajstić information content (AvgIpc) is 2.60. The molecule has 1 aliphatic rings. The van der Waals surface area contributed by atoms with Gasteiger partial charge in [-0.2, -0.15) is 0 Å². The molecule has 1 saturated heterocycles. The number of esters is 1. The Morgan fingerprint density at radius 2 is 1.88 bits per heavy atom. The van der Waals surface area contributed by atoms with Crippen molar-refractivity contribution in [3.05, 3.63) is 0 Å². The zero-order valence-electron chi connectivity index (χ0n) is 16.6. The van der Waals surface area contributed by atoms with E-state index in [9.17, 15) is 4.79 Å². The van der Waals surface area contributed by atoms with Crippen molar-refractivity contribution in [3.63, 3.8) is 0 Å². The minimum Gasteiger partial charge on any atom is -0.466 e. The summed E-state index contributed by atoms with van der Waals surface area (Å²) < 4.78 is 4.93. The molecule has 6 nitrogen and oxygen atoms in total. The number of carbonyl (C=O) groups excluding carboxylic acids is 1. The van der Waals surface area contributed by atoms with E-state index in [1.54, 1.807) is 0 Å². The summed E-state index contributed by atoms with van der Waals surface area (Å²) in [4.78, 5) is 18.1. The van der Waals surface area contributed by atoms with Crippen LogP contribution in [0, 0.1) is 0 Å². The van der Waals surface area contributed by atoms with Gasteiger partial charge in [-0.05, 0) is 46.5 Å². The fourth-order valence-electron chi connectivity index (χ4n) is 3.14. The summed E-state index contributed by atoms with van der Waals surface area (Å²) in [7, 11) is 1.83. The van der Waals surface area contributed by atoms with Crippen LogP contribution in [0.1, 0.15) is 65.7 Å². The van der Waals surface area contributed by atoms with Crippen LogP contribution in [0.2, 0.25) is 0 Å². The first-order chi connectivity index (χ1) is 12.1. The summed E-state index contributed by atoms with van der Waals surface area (Å²) in [6.07, 6.45) is 7.09. The van der Waals surface area contributed by atoms with Crippen molar-refractivity contribution in [3.8, 4) is 0 Å². The SMILES string of the molecule is CCOC(=O)CCCCCCNC(=NC)NC1CCN(C(C)C)CC1. The second-order valence-electron chi connectivity index (χ2n) is 7.02. The minimum atomic E-state index is -0.0752. The average molecular weight is 355 g/mol. The van der Waals surface area contributed by atoms with Crippen molar-refractivity contribution in [2.24, 2.45) is 4.99 Å². The summed E-state index contributed by atoms with van der Waals surface area (Å²) in [6, 6.07) is 1.16. The predicted octanol–water partition coefficient (Wildman–Crippen LogP) is 2.54. The number of ether oxygens (including phenoxy) is 1. The van der Waals surface area contributed by atoms with Gasteiger partial charge < -0.3 is 20.3 Å². The number of unbranched alkanes of at least 4 members (excludes halogenated alkanes) is 3. The van der Waals surface area contributed by atoms with Gasteiger partial charge in [-0.25, -0.2) is 0 Å². The predicted molar refractivity (Wildman–Crippen MR) is 104 cm³/mol. The van der Waals surface area contributed by atoms with Gasteiger partial charge in [0.05, 0.1) is 6.61 Å². The molecule has 0 radical (unpaired) electrons. The van der Waals surface area contributed by atoms with Crippen LogP contribution in [-0.4, -0.2) is 62.2 Å². The van der Waals surface area contributed by atoms with E-state index in [1.807, 2.05) is 14.0 Å². The summed E-state index contributed by atoms with van der Waals surface area (Å²) in [6.45, 7) is 10.1. The van der Waals surface area contributed by atoms with Crippen molar-refractivity contribution in [1.82, 2.24) is 15.5 Å². The standard InChI is InChI=1S/C19H38N4O2/c1-5-25-18(24)10-8-6-7-9-13-21-19(20-4)22-17-11-14-23(15-12-17)16(2)3/h16-17H,5-15H2,1-4H3,(H2,20,21,22). The second-order valence-corrected chi connectivity index (χ2v) is 7.02. The topological polar surface area (TPSA) is 66.0 Å². The van der Waals surface area contributed by atoms with Crippen LogP contribution in [0.15, 0.2) is 4.99 Å². The van der Waals surface area contributed by atoms with Gasteiger partial charge in [0.1, 0.15) is 0 Å². The lowest BCUT2D eigenvalue weighted by Crippen LogP contribution is -2.49. The Balaban J connectivity index is 2.06. The normalized spacial score (nSPS) is 16.9. The lowest BCUT2D eigenvalue weighted by atomic mass is 10.0. The first-order valence-electron chi connectivity index (χ1n) is 9.93. The van der Waals surface area contributed by atoms with Gasteiger partial charge >= 0.3 is 5.97 Å². The van der Waals surface area contributed by atoms with E-state index < -0.39 is 0 Å². The van der Waals surface area contributed by atoms with Gasteiger partial charge in [0.25, 0.3) is 0 Å². The number of hydrogen-bond donors (Lipinski definition) is 2. The third-order valence-corrected chi connectivity index (χ3v) is 4.73. The number of nitrogens with one attached hydrogen (secondary N) is 2. The number of nitrogens with zero attached hydrogens (tertiary/aromatic N) is 2. The molecule has 25 heavy (non-hydrogen) atoms. The summed E-state index contributed by atoms with van der Waals surface area (Å²) in [5, 5.41) is 6.95. The molecule has 2 N–H and O–H groups in total. The van der Waals surface area contributed by atoms with Gasteiger partial charge in [-0.1, -0.05) is 12.8 Å². The van der Waals surface area contributed by atoms with Crippen molar-refractivity contribution < 1.29 is 9.53 Å². The van der Waals surface area contributed by atoms with Crippen LogP contribution in [0.5, 0.6) is 0 Å². The highest BCUT2D eigenvalue weighted by atomic mass is 16.5. The van der Waals surface area contributed by atoms with Crippen molar-refractivity contribution in [2.75, 3.05) is 33.3 Å². The third-order valence-electron chi connectivity index (χ3n) is 4.73. The molecule has 1 aliphatic heterocycles. The molecule has 1 rings (SSSR count). The summed E-state index contributed by atoms with van der Waals surface area (Å²) >= 11 is 0. The van der Waals surface area contributed by atoms with Crippen molar-refractivity contribution in [2.45, 2.75) is 77.8 Å². The van der Waals surface area contributed by atoms with E-state index in [4.69, 9.17) is 4.74 Å². The summed E-state index contributed by atoms with van der Waals surface area (Å²) in [5.74, 6) is 0.836. The Bertz CT molecular complexity index is 391. The lowest BCUT2D eigenvalue weighted by Gasteiger charge is -2.35. The Labute approximate surface area is 153 Å². The lowest BCUT2D eigenvalue weighted by molar-refractivity contribution is -0.143. The van der Waals surface area contributed by atoms with E-state index in [0.29, 0.717) is 25.1 Å². The van der Waals surface area contributed by atoms with Gasteiger partial charge in [-0.15, -0.1) is 0 Å². The van der Waals surface area contributed by atoms with Crippen LogP contribution >= 0.6 is 0 Å². The molecule has 0 bridgehead atoms. The van der Waals surface area contributed by atoms with Gasteiger partial charge in [0, 0.05) is 45.2 Å². The van der Waals surface area contributed by atoms with Crippen LogP contribution in [-0.2, 0) is 9.53 Å². The third kappa shape index (κ3) is 9.68. The Kier molecular flexibility index (Phi) is 11.3. The molecule has 0 atom stereocenters.